The van der Waals surface area contributed by atoms with E-state index in [0.29, 0.717) is 24.4 Å². The van der Waals surface area contributed by atoms with Gasteiger partial charge in [-0.05, 0) is 55.7 Å². The Balaban J connectivity index is 1.42. The van der Waals surface area contributed by atoms with Crippen LogP contribution in [-0.4, -0.2) is 92.8 Å². The lowest BCUT2D eigenvalue weighted by Crippen LogP contribution is -2.55. The molecule has 2 aromatic rings. The second-order valence-electron chi connectivity index (χ2n) is 10.5. The van der Waals surface area contributed by atoms with E-state index in [2.05, 4.69) is 15.0 Å². The zero-order valence-corrected chi connectivity index (χ0v) is 23.1. The summed E-state index contributed by atoms with van der Waals surface area (Å²) in [4.78, 5) is 50.6. The molecule has 0 radical (unpaired) electrons. The number of aromatic nitrogens is 1. The quantitative estimate of drug-likeness (QED) is 0.407. The maximum absolute atomic E-state index is 13.9. The molecule has 1 saturated carbocycles. The van der Waals surface area contributed by atoms with E-state index in [0.717, 1.165) is 35.2 Å². The summed E-state index contributed by atoms with van der Waals surface area (Å²) in [6, 6.07) is 5.33. The highest BCUT2D eigenvalue weighted by Gasteiger charge is 2.50. The van der Waals surface area contributed by atoms with Crippen molar-refractivity contribution in [3.63, 3.8) is 0 Å². The predicted octanol–water partition coefficient (Wildman–Crippen LogP) is 1.00. The summed E-state index contributed by atoms with van der Waals surface area (Å²) in [5.74, 6) is -0.552. The fraction of sp³-hybridized carbons (Fsp3) is 0.577. The Morgan fingerprint density at radius 3 is 2.69 bits per heavy atom. The number of rotatable bonds is 8. The highest BCUT2D eigenvalue weighted by atomic mass is 32.2. The minimum Gasteiger partial charge on any atom is -0.496 e. The fourth-order valence-electron chi connectivity index (χ4n) is 6.36. The predicted molar refractivity (Wildman–Crippen MR) is 142 cm³/mol. The van der Waals surface area contributed by atoms with Crippen LogP contribution in [0.1, 0.15) is 42.6 Å². The first-order valence-corrected chi connectivity index (χ1v) is 14.8. The molecule has 13 heteroatoms. The lowest BCUT2D eigenvalue weighted by atomic mass is 9.93. The van der Waals surface area contributed by atoms with Crippen LogP contribution in [0.15, 0.2) is 24.3 Å². The maximum atomic E-state index is 13.9. The van der Waals surface area contributed by atoms with Gasteiger partial charge >= 0.3 is 0 Å². The number of H-pyrrole nitrogens is 1. The molecule has 212 valence electrons. The molecular formula is C26H35N5O7S. The van der Waals surface area contributed by atoms with Gasteiger partial charge in [0.05, 0.1) is 19.5 Å². The Kier molecular flexibility index (Phi) is 7.57. The van der Waals surface area contributed by atoms with Crippen molar-refractivity contribution < 1.29 is 32.4 Å². The maximum Gasteiger partial charge on any atom is 0.271 e. The average molecular weight is 562 g/mol. The van der Waals surface area contributed by atoms with E-state index in [1.54, 1.807) is 18.1 Å². The number of sulfonamides is 1. The number of carbonyl (C=O) groups excluding carboxylic acids is 3. The fourth-order valence-corrected chi connectivity index (χ4v) is 7.87. The molecule has 3 amide bonds. The van der Waals surface area contributed by atoms with Crippen molar-refractivity contribution in [3.05, 3.63) is 30.0 Å². The normalized spacial score (nSPS) is 26.4. The number of likely N-dealkylation sites (N-methyl/N-ethyl adjacent to an activating group) is 1. The van der Waals surface area contributed by atoms with Crippen molar-refractivity contribution in [1.82, 2.24) is 25.0 Å². The highest BCUT2D eigenvalue weighted by molar-refractivity contribution is 7.90. The van der Waals surface area contributed by atoms with Crippen molar-refractivity contribution >= 4 is 38.6 Å². The molecule has 39 heavy (non-hydrogen) atoms. The van der Waals surface area contributed by atoms with Crippen molar-refractivity contribution in [2.45, 2.75) is 49.4 Å². The Bertz CT molecular complexity index is 1380. The van der Waals surface area contributed by atoms with Crippen LogP contribution >= 0.6 is 0 Å². The number of likely N-dealkylation sites (tertiary alicyclic amines) is 1. The van der Waals surface area contributed by atoms with Gasteiger partial charge in [0.25, 0.3) is 11.8 Å². The van der Waals surface area contributed by atoms with Crippen LogP contribution in [-0.2, 0) is 24.4 Å². The molecule has 3 aliphatic rings. The Morgan fingerprint density at radius 1 is 1.21 bits per heavy atom. The number of amides is 3. The Hall–Kier alpha value is -3.16. The number of hydrogen-bond acceptors (Lipinski definition) is 7. The third kappa shape index (κ3) is 5.10. The molecule has 3 heterocycles. The first kappa shape index (κ1) is 27.4. The zero-order chi connectivity index (χ0) is 27.9. The minimum absolute atomic E-state index is 0.0411. The van der Waals surface area contributed by atoms with E-state index in [4.69, 9.17) is 9.57 Å². The number of nitrogens with one attached hydrogen (secondary N) is 3. The summed E-state index contributed by atoms with van der Waals surface area (Å²) >= 11 is 0. The standard InChI is InChI=1S/C26H35N5O7S/c1-30(38-3)25(33)20(12-16-10-11-27-39(16,35)36)29-24(32)23-17-7-4-6-15(17)14-31(23)26(34)21-13-18-19(28-21)8-5-9-22(18)37-2/h5,8-9,13,15-17,20,23,27-28H,4,6-7,10-12,14H2,1-3H3,(H,29,32)/t15-,16?,17-,20-,23-/m0/s1. The largest absolute Gasteiger partial charge is 0.496 e. The van der Waals surface area contributed by atoms with Gasteiger partial charge in [0, 0.05) is 31.0 Å². The van der Waals surface area contributed by atoms with Crippen LogP contribution in [0.4, 0.5) is 0 Å². The van der Waals surface area contributed by atoms with Gasteiger partial charge in [-0.1, -0.05) is 12.5 Å². The molecule has 5 atom stereocenters. The van der Waals surface area contributed by atoms with Gasteiger partial charge < -0.3 is 19.9 Å². The van der Waals surface area contributed by atoms with Gasteiger partial charge in [0.15, 0.2) is 0 Å². The number of hydroxylamine groups is 2. The van der Waals surface area contributed by atoms with Gasteiger partial charge in [-0.15, -0.1) is 0 Å². The molecule has 1 unspecified atom stereocenters. The molecule has 2 aliphatic heterocycles. The van der Waals surface area contributed by atoms with Crippen LogP contribution in [0.25, 0.3) is 10.9 Å². The van der Waals surface area contributed by atoms with Crippen LogP contribution < -0.4 is 14.8 Å². The molecular weight excluding hydrogens is 526 g/mol. The molecule has 0 bridgehead atoms. The first-order chi connectivity index (χ1) is 18.6. The van der Waals surface area contributed by atoms with Crippen LogP contribution in [0.2, 0.25) is 0 Å². The second kappa shape index (κ2) is 10.8. The lowest BCUT2D eigenvalue weighted by molar-refractivity contribution is -0.172. The molecule has 5 rings (SSSR count). The molecule has 12 nitrogen and oxygen atoms in total. The molecule has 2 saturated heterocycles. The van der Waals surface area contributed by atoms with E-state index >= 15 is 0 Å². The third-order valence-electron chi connectivity index (χ3n) is 8.40. The number of nitrogens with zero attached hydrogens (tertiary/aromatic N) is 2. The molecule has 1 aromatic carbocycles. The Morgan fingerprint density at radius 2 is 2.00 bits per heavy atom. The number of aromatic amines is 1. The summed E-state index contributed by atoms with van der Waals surface area (Å²) in [5, 5.41) is 3.73. The van der Waals surface area contributed by atoms with Gasteiger partial charge in [0.2, 0.25) is 15.9 Å². The number of ether oxygens (including phenoxy) is 1. The van der Waals surface area contributed by atoms with Crippen molar-refractivity contribution in [2.24, 2.45) is 11.8 Å². The molecule has 3 fully saturated rings. The molecule has 1 aliphatic carbocycles. The van der Waals surface area contributed by atoms with Crippen molar-refractivity contribution in [1.29, 1.82) is 0 Å². The summed E-state index contributed by atoms with van der Waals surface area (Å²) in [5.41, 5.74) is 1.10. The summed E-state index contributed by atoms with van der Waals surface area (Å²) in [6.45, 7) is 0.720. The van der Waals surface area contributed by atoms with E-state index in [9.17, 15) is 22.8 Å². The smallest absolute Gasteiger partial charge is 0.271 e. The van der Waals surface area contributed by atoms with E-state index in [-0.39, 0.29) is 30.7 Å². The summed E-state index contributed by atoms with van der Waals surface area (Å²) < 4.78 is 32.7. The van der Waals surface area contributed by atoms with Crippen LogP contribution in [0.3, 0.4) is 0 Å². The van der Waals surface area contributed by atoms with E-state index < -0.39 is 39.2 Å². The average Bonchev–Trinajstić information content (AvgIpc) is 3.69. The zero-order valence-electron chi connectivity index (χ0n) is 22.3. The Labute approximate surface area is 227 Å². The third-order valence-corrected chi connectivity index (χ3v) is 10.3. The number of hydrogen-bond donors (Lipinski definition) is 3. The second-order valence-corrected chi connectivity index (χ2v) is 12.6. The van der Waals surface area contributed by atoms with E-state index in [1.807, 2.05) is 18.2 Å². The SMILES string of the molecule is COc1cccc2[nH]c(C(=O)N3C[C@@H]4CCC[C@@H]4[C@H]3C(=O)N[C@@H](CC3CCNS3(=O)=O)C(=O)N(C)OC)cc12. The van der Waals surface area contributed by atoms with Gasteiger partial charge in [0.1, 0.15) is 23.5 Å². The van der Waals surface area contributed by atoms with E-state index in [1.165, 1.54) is 14.2 Å². The molecule has 0 spiro atoms. The highest BCUT2D eigenvalue weighted by Crippen LogP contribution is 2.43. The summed E-state index contributed by atoms with van der Waals surface area (Å²) in [6.07, 6.45) is 2.92. The molecule has 3 N–H and O–H groups in total. The first-order valence-electron chi connectivity index (χ1n) is 13.2. The number of fused-ring (bicyclic) bond motifs is 2. The topological polar surface area (TPSA) is 150 Å². The number of benzene rings is 1. The van der Waals surface area contributed by atoms with Gasteiger partial charge in [-0.3, -0.25) is 19.2 Å². The molecule has 1 aromatic heterocycles. The summed E-state index contributed by atoms with van der Waals surface area (Å²) in [7, 11) is 0.707. The van der Waals surface area contributed by atoms with Crippen molar-refractivity contribution in [3.8, 4) is 5.75 Å². The number of methoxy groups -OCH3 is 1. The monoisotopic (exact) mass is 561 g/mol. The van der Waals surface area contributed by atoms with Gasteiger partial charge in [-0.2, -0.15) is 0 Å². The van der Waals surface area contributed by atoms with Crippen LogP contribution in [0, 0.1) is 11.8 Å². The lowest BCUT2D eigenvalue weighted by Gasteiger charge is -2.30. The van der Waals surface area contributed by atoms with Crippen LogP contribution in [0.5, 0.6) is 5.75 Å². The minimum atomic E-state index is -3.59. The van der Waals surface area contributed by atoms with Gasteiger partial charge in [-0.25, -0.2) is 18.2 Å². The number of carbonyl (C=O) groups is 3. The van der Waals surface area contributed by atoms with Crippen molar-refractivity contribution in [2.75, 3.05) is 34.4 Å².